The molecule has 0 bridgehead atoms. The van der Waals surface area contributed by atoms with Gasteiger partial charge in [0.05, 0.1) is 22.3 Å². The number of anilines is 1. The number of pyridine rings is 1. The van der Waals surface area contributed by atoms with E-state index in [4.69, 9.17) is 0 Å². The van der Waals surface area contributed by atoms with Crippen LogP contribution < -0.4 is 5.32 Å². The van der Waals surface area contributed by atoms with E-state index in [-0.39, 0.29) is 17.7 Å². The van der Waals surface area contributed by atoms with E-state index in [1.54, 1.807) is 30.5 Å². The predicted molar refractivity (Wildman–Crippen MR) is 118 cm³/mol. The number of hydrogen-bond acceptors (Lipinski definition) is 4. The molecule has 1 aliphatic heterocycles. The number of fused-ring (bicyclic) bond motifs is 2. The number of unbranched alkanes of at least 4 members (excludes halogenated alkanes) is 2. The van der Waals surface area contributed by atoms with Crippen molar-refractivity contribution in [3.05, 3.63) is 70.3 Å². The van der Waals surface area contributed by atoms with Gasteiger partial charge in [-0.15, -0.1) is 0 Å². The number of nitrogens with zero attached hydrogens (tertiary/aromatic N) is 2. The molecular formula is C23H20BrN3O3. The topological polar surface area (TPSA) is 79.4 Å². The van der Waals surface area contributed by atoms with E-state index >= 15 is 0 Å². The van der Waals surface area contributed by atoms with Crippen molar-refractivity contribution in [3.8, 4) is 0 Å². The fourth-order valence-corrected chi connectivity index (χ4v) is 4.08. The third-order valence-electron chi connectivity index (χ3n) is 5.15. The first-order valence-electron chi connectivity index (χ1n) is 9.84. The van der Waals surface area contributed by atoms with Gasteiger partial charge < -0.3 is 5.32 Å². The van der Waals surface area contributed by atoms with Crippen LogP contribution in [0.2, 0.25) is 0 Å². The van der Waals surface area contributed by atoms with Crippen LogP contribution in [0.3, 0.4) is 0 Å². The molecule has 0 aliphatic carbocycles. The van der Waals surface area contributed by atoms with Crippen LogP contribution in [0.25, 0.3) is 10.9 Å². The molecule has 2 heterocycles. The zero-order chi connectivity index (χ0) is 21.1. The lowest BCUT2D eigenvalue weighted by molar-refractivity contribution is -0.116. The number of amides is 3. The quantitative estimate of drug-likeness (QED) is 0.401. The van der Waals surface area contributed by atoms with Gasteiger partial charge in [0.25, 0.3) is 11.8 Å². The summed E-state index contributed by atoms with van der Waals surface area (Å²) in [6.45, 7) is 0.370. The second kappa shape index (κ2) is 8.75. The Labute approximate surface area is 182 Å². The van der Waals surface area contributed by atoms with Crippen LogP contribution in [0.4, 0.5) is 5.69 Å². The molecule has 2 aromatic carbocycles. The standard InChI is InChI=1S/C23H20BrN3O3/c24-18-11-12-19(21-17(18)9-6-13-25-21)26-20(28)10-2-1-5-14-27-22(29)15-7-3-4-8-16(15)23(27)30/h3-4,6-9,11-13H,1-2,5,10,14H2,(H,26,28). The molecule has 152 valence electrons. The minimum Gasteiger partial charge on any atom is -0.324 e. The molecule has 0 saturated carbocycles. The van der Waals surface area contributed by atoms with Crippen LogP contribution in [0.5, 0.6) is 0 Å². The summed E-state index contributed by atoms with van der Waals surface area (Å²) in [6, 6.07) is 14.4. The summed E-state index contributed by atoms with van der Waals surface area (Å²) in [6.07, 6.45) is 4.16. The Bertz CT molecular complexity index is 1110. The zero-order valence-corrected chi connectivity index (χ0v) is 17.8. The first kappa shape index (κ1) is 20.2. The average molecular weight is 466 g/mol. The summed E-state index contributed by atoms with van der Waals surface area (Å²) in [4.78, 5) is 42.7. The molecular weight excluding hydrogens is 446 g/mol. The maximum atomic E-state index is 12.3. The van der Waals surface area contributed by atoms with Crippen LogP contribution in [0, 0.1) is 0 Å². The molecule has 3 aromatic rings. The number of nitrogens with one attached hydrogen (secondary N) is 1. The van der Waals surface area contributed by atoms with Crippen LogP contribution >= 0.6 is 15.9 Å². The molecule has 1 N–H and O–H groups in total. The summed E-state index contributed by atoms with van der Waals surface area (Å²) in [7, 11) is 0. The Morgan fingerprint density at radius 1 is 0.933 bits per heavy atom. The van der Waals surface area contributed by atoms with Gasteiger partial charge in [-0.25, -0.2) is 0 Å². The second-order valence-corrected chi connectivity index (χ2v) is 8.02. The van der Waals surface area contributed by atoms with Crippen molar-refractivity contribution < 1.29 is 14.4 Å². The molecule has 0 fully saturated rings. The van der Waals surface area contributed by atoms with Gasteiger partial charge in [0.15, 0.2) is 0 Å². The van der Waals surface area contributed by atoms with Crippen LogP contribution in [-0.2, 0) is 4.79 Å². The Balaban J connectivity index is 1.25. The number of imide groups is 1. The van der Waals surface area contributed by atoms with E-state index in [0.29, 0.717) is 42.6 Å². The van der Waals surface area contributed by atoms with Gasteiger partial charge in [0.1, 0.15) is 0 Å². The van der Waals surface area contributed by atoms with E-state index < -0.39 is 0 Å². The second-order valence-electron chi connectivity index (χ2n) is 7.16. The van der Waals surface area contributed by atoms with Crippen molar-refractivity contribution >= 4 is 50.2 Å². The molecule has 1 aliphatic rings. The van der Waals surface area contributed by atoms with E-state index in [1.807, 2.05) is 24.3 Å². The highest BCUT2D eigenvalue weighted by molar-refractivity contribution is 9.10. The van der Waals surface area contributed by atoms with Crippen molar-refractivity contribution in [1.82, 2.24) is 9.88 Å². The van der Waals surface area contributed by atoms with E-state index in [2.05, 4.69) is 26.2 Å². The molecule has 30 heavy (non-hydrogen) atoms. The van der Waals surface area contributed by atoms with Gasteiger partial charge in [-0.1, -0.05) is 40.5 Å². The highest BCUT2D eigenvalue weighted by Gasteiger charge is 2.34. The summed E-state index contributed by atoms with van der Waals surface area (Å²) < 4.78 is 0.928. The first-order chi connectivity index (χ1) is 14.6. The SMILES string of the molecule is O=C(CCCCCN1C(=O)c2ccccc2C1=O)Nc1ccc(Br)c2cccnc12. The average Bonchev–Trinajstić information content (AvgIpc) is 3.01. The van der Waals surface area contributed by atoms with Crippen LogP contribution in [-0.4, -0.2) is 34.2 Å². The molecule has 0 unspecified atom stereocenters. The number of hydrogen-bond donors (Lipinski definition) is 1. The summed E-state index contributed by atoms with van der Waals surface area (Å²) >= 11 is 3.50. The van der Waals surface area contributed by atoms with Gasteiger partial charge in [0, 0.05) is 29.0 Å². The predicted octanol–water partition coefficient (Wildman–Crippen LogP) is 4.79. The molecule has 3 amide bonds. The Kier molecular flexibility index (Phi) is 5.90. The molecule has 1 aromatic heterocycles. The Hall–Kier alpha value is -3.06. The number of benzene rings is 2. The Morgan fingerprint density at radius 3 is 2.40 bits per heavy atom. The largest absolute Gasteiger partial charge is 0.324 e. The van der Waals surface area contributed by atoms with Crippen molar-refractivity contribution in [2.24, 2.45) is 0 Å². The maximum Gasteiger partial charge on any atom is 0.261 e. The van der Waals surface area contributed by atoms with E-state index in [1.165, 1.54) is 4.90 Å². The highest BCUT2D eigenvalue weighted by Crippen LogP contribution is 2.28. The Morgan fingerprint density at radius 2 is 1.67 bits per heavy atom. The number of halogens is 1. The molecule has 7 heteroatoms. The fourth-order valence-electron chi connectivity index (χ4n) is 3.63. The van der Waals surface area contributed by atoms with Gasteiger partial charge in [-0.2, -0.15) is 0 Å². The minimum absolute atomic E-state index is 0.0787. The molecule has 0 spiro atoms. The van der Waals surface area contributed by atoms with E-state index in [9.17, 15) is 14.4 Å². The molecule has 0 saturated heterocycles. The van der Waals surface area contributed by atoms with Crippen molar-refractivity contribution in [2.45, 2.75) is 25.7 Å². The lowest BCUT2D eigenvalue weighted by atomic mass is 10.1. The molecule has 0 atom stereocenters. The molecule has 6 nitrogen and oxygen atoms in total. The summed E-state index contributed by atoms with van der Waals surface area (Å²) in [5.74, 6) is -0.545. The monoisotopic (exact) mass is 465 g/mol. The smallest absolute Gasteiger partial charge is 0.261 e. The number of rotatable bonds is 7. The van der Waals surface area contributed by atoms with Gasteiger partial charge in [0.2, 0.25) is 5.91 Å². The van der Waals surface area contributed by atoms with Gasteiger partial charge in [-0.3, -0.25) is 24.3 Å². The number of carbonyl (C=O) groups is 3. The van der Waals surface area contributed by atoms with Crippen molar-refractivity contribution in [3.63, 3.8) is 0 Å². The van der Waals surface area contributed by atoms with Crippen LogP contribution in [0.15, 0.2) is 59.2 Å². The van der Waals surface area contributed by atoms with Gasteiger partial charge >= 0.3 is 0 Å². The van der Waals surface area contributed by atoms with E-state index in [0.717, 1.165) is 21.8 Å². The van der Waals surface area contributed by atoms with Gasteiger partial charge in [-0.05, 0) is 43.2 Å². The summed E-state index contributed by atoms with van der Waals surface area (Å²) in [5.41, 5.74) is 2.37. The normalized spacial score (nSPS) is 13.0. The van der Waals surface area contributed by atoms with Crippen molar-refractivity contribution in [1.29, 1.82) is 0 Å². The fraction of sp³-hybridized carbons (Fsp3) is 0.217. The third-order valence-corrected chi connectivity index (χ3v) is 5.85. The van der Waals surface area contributed by atoms with Crippen LogP contribution in [0.1, 0.15) is 46.4 Å². The van der Waals surface area contributed by atoms with Crippen molar-refractivity contribution in [2.75, 3.05) is 11.9 Å². The minimum atomic E-state index is -0.233. The highest BCUT2D eigenvalue weighted by atomic mass is 79.9. The molecule has 4 rings (SSSR count). The summed E-state index contributed by atoms with van der Waals surface area (Å²) in [5, 5.41) is 3.87. The zero-order valence-electron chi connectivity index (χ0n) is 16.2. The first-order valence-corrected chi connectivity index (χ1v) is 10.6. The number of carbonyl (C=O) groups excluding carboxylic acids is 3. The third kappa shape index (κ3) is 3.98. The lowest BCUT2D eigenvalue weighted by Gasteiger charge is -2.13. The lowest BCUT2D eigenvalue weighted by Crippen LogP contribution is -2.30. The maximum absolute atomic E-state index is 12.3. The number of aromatic nitrogens is 1. The molecule has 0 radical (unpaired) electrons.